The first kappa shape index (κ1) is 29.9. The van der Waals surface area contributed by atoms with Crippen LogP contribution in [0.15, 0.2) is 97.2 Å². The molecule has 0 bridgehead atoms. The summed E-state index contributed by atoms with van der Waals surface area (Å²) in [5.74, 6) is 0.317. The third-order valence-electron chi connectivity index (χ3n) is 7.77. The lowest BCUT2D eigenvalue weighted by molar-refractivity contribution is -0.114. The van der Waals surface area contributed by atoms with Crippen molar-refractivity contribution in [2.75, 3.05) is 11.1 Å². The molecule has 0 saturated heterocycles. The van der Waals surface area contributed by atoms with E-state index in [1.807, 2.05) is 42.5 Å². The number of amides is 2. The minimum atomic E-state index is -0.618. The number of nitrogens with one attached hydrogen (secondary N) is 1. The second-order valence-corrected chi connectivity index (χ2v) is 10.9. The van der Waals surface area contributed by atoms with Crippen LogP contribution in [0.5, 0.6) is 0 Å². The monoisotopic (exact) mass is 609 g/mol. The van der Waals surface area contributed by atoms with Crippen molar-refractivity contribution in [2.24, 2.45) is 5.73 Å². The summed E-state index contributed by atoms with van der Waals surface area (Å²) in [5.41, 5.74) is 20.5. The summed E-state index contributed by atoms with van der Waals surface area (Å²) in [5, 5.41) is 2.47. The second-order valence-electron chi connectivity index (χ2n) is 10.9. The van der Waals surface area contributed by atoms with Gasteiger partial charge in [-0.3, -0.25) is 19.0 Å². The minimum Gasteiger partial charge on any atom is -0.383 e. The van der Waals surface area contributed by atoms with Crippen LogP contribution in [0.3, 0.4) is 0 Å². The highest BCUT2D eigenvalue weighted by molar-refractivity contribution is 5.99. The molecular weight excluding hydrogens is 578 g/mol. The number of benzene rings is 3. The number of aromatic nitrogens is 4. The maximum Gasteiger partial charge on any atom is 0.248 e. The number of fused-ring (bicyclic) bond motifs is 2. The fourth-order valence-electron chi connectivity index (χ4n) is 5.57. The fraction of sp³-hybridized carbons (Fsp3) is 0.111. The van der Waals surface area contributed by atoms with Crippen LogP contribution in [0.4, 0.5) is 11.5 Å². The van der Waals surface area contributed by atoms with Crippen molar-refractivity contribution in [3.8, 4) is 28.3 Å². The first-order valence-electron chi connectivity index (χ1n) is 14.8. The Morgan fingerprint density at radius 2 is 1.70 bits per heavy atom. The average Bonchev–Trinajstić information content (AvgIpc) is 3.69. The number of primary amides is 1. The maximum atomic E-state index is 10.8. The molecule has 46 heavy (non-hydrogen) atoms. The first-order valence-corrected chi connectivity index (χ1v) is 14.8. The molecule has 228 valence electrons. The highest BCUT2D eigenvalue weighted by Crippen LogP contribution is 2.33. The van der Waals surface area contributed by atoms with Gasteiger partial charge in [-0.05, 0) is 85.0 Å². The summed E-state index contributed by atoms with van der Waals surface area (Å²) >= 11 is 0. The SMILES string of the molecule is CC(=O)Nc1ccc(C(N)=O)cc1C=O.Nc1ncccc1-c1nc2ccc(-c3ccccc3)nc2n1-c1ccc2c(c1)CCC2. The molecule has 7 rings (SSSR count). The van der Waals surface area contributed by atoms with Gasteiger partial charge in [0, 0.05) is 35.5 Å². The number of rotatable bonds is 6. The lowest BCUT2D eigenvalue weighted by Crippen LogP contribution is -2.13. The maximum absolute atomic E-state index is 10.8. The van der Waals surface area contributed by atoms with Gasteiger partial charge in [-0.2, -0.15) is 0 Å². The minimum absolute atomic E-state index is 0.224. The largest absolute Gasteiger partial charge is 0.383 e. The number of imidazole rings is 1. The normalized spacial score (nSPS) is 11.8. The van der Waals surface area contributed by atoms with Gasteiger partial charge < -0.3 is 16.8 Å². The van der Waals surface area contributed by atoms with Gasteiger partial charge in [-0.15, -0.1) is 0 Å². The zero-order valence-corrected chi connectivity index (χ0v) is 25.1. The Morgan fingerprint density at radius 3 is 2.43 bits per heavy atom. The van der Waals surface area contributed by atoms with Crippen LogP contribution in [0.2, 0.25) is 0 Å². The molecule has 10 heteroatoms. The van der Waals surface area contributed by atoms with Crippen LogP contribution >= 0.6 is 0 Å². The van der Waals surface area contributed by atoms with E-state index in [9.17, 15) is 14.4 Å². The number of aryl methyl sites for hydroxylation is 2. The lowest BCUT2D eigenvalue weighted by atomic mass is 10.1. The van der Waals surface area contributed by atoms with E-state index in [1.54, 1.807) is 6.20 Å². The Bertz CT molecular complexity index is 2100. The molecule has 0 aliphatic heterocycles. The molecule has 0 fully saturated rings. The molecule has 0 saturated carbocycles. The molecule has 10 nitrogen and oxygen atoms in total. The number of aldehydes is 1. The van der Waals surface area contributed by atoms with E-state index in [4.69, 9.17) is 21.4 Å². The van der Waals surface area contributed by atoms with Gasteiger partial charge in [0.1, 0.15) is 11.3 Å². The van der Waals surface area contributed by atoms with Gasteiger partial charge in [-0.25, -0.2) is 15.0 Å². The van der Waals surface area contributed by atoms with Crippen molar-refractivity contribution in [3.63, 3.8) is 0 Å². The lowest BCUT2D eigenvalue weighted by Gasteiger charge is -2.12. The Balaban J connectivity index is 0.000000210. The molecule has 1 aliphatic carbocycles. The first-order chi connectivity index (χ1) is 22.3. The van der Waals surface area contributed by atoms with E-state index in [0.717, 1.165) is 52.3 Å². The zero-order chi connectivity index (χ0) is 32.2. The number of nitrogen functional groups attached to an aromatic ring is 1. The summed E-state index contributed by atoms with van der Waals surface area (Å²) in [6, 6.07) is 29.0. The average molecular weight is 610 g/mol. The van der Waals surface area contributed by atoms with Crippen molar-refractivity contribution in [1.29, 1.82) is 0 Å². The molecule has 5 N–H and O–H groups in total. The van der Waals surface area contributed by atoms with E-state index in [-0.39, 0.29) is 17.0 Å². The number of hydrogen-bond acceptors (Lipinski definition) is 7. The Kier molecular flexibility index (Phi) is 8.34. The fourth-order valence-corrected chi connectivity index (χ4v) is 5.57. The molecule has 0 unspecified atom stereocenters. The Labute approximate surface area is 265 Å². The number of hydrogen-bond donors (Lipinski definition) is 3. The van der Waals surface area contributed by atoms with Gasteiger partial charge in [-0.1, -0.05) is 36.4 Å². The summed E-state index contributed by atoms with van der Waals surface area (Å²) in [4.78, 5) is 46.5. The number of carbonyl (C=O) groups excluding carboxylic acids is 3. The Morgan fingerprint density at radius 1 is 0.891 bits per heavy atom. The van der Waals surface area contributed by atoms with Crippen LogP contribution in [-0.2, 0) is 17.6 Å². The van der Waals surface area contributed by atoms with Gasteiger partial charge in [0.2, 0.25) is 11.8 Å². The molecule has 6 aromatic rings. The smallest absolute Gasteiger partial charge is 0.248 e. The molecule has 0 radical (unpaired) electrons. The van der Waals surface area contributed by atoms with Crippen LogP contribution in [-0.4, -0.2) is 37.6 Å². The highest BCUT2D eigenvalue weighted by atomic mass is 16.2. The third kappa shape index (κ3) is 6.09. The zero-order valence-electron chi connectivity index (χ0n) is 25.1. The molecule has 0 spiro atoms. The molecule has 3 aromatic carbocycles. The number of pyridine rings is 2. The second kappa shape index (κ2) is 12.8. The van der Waals surface area contributed by atoms with Crippen LogP contribution in [0.1, 0.15) is 45.2 Å². The Hall–Kier alpha value is -6.16. The summed E-state index contributed by atoms with van der Waals surface area (Å²) in [6.07, 6.45) is 5.73. The molecule has 0 atom stereocenters. The number of anilines is 2. The number of nitrogens with zero attached hydrogens (tertiary/aromatic N) is 4. The van der Waals surface area contributed by atoms with Crippen molar-refractivity contribution in [1.82, 2.24) is 19.5 Å². The van der Waals surface area contributed by atoms with Gasteiger partial charge in [0.05, 0.1) is 16.9 Å². The van der Waals surface area contributed by atoms with Crippen molar-refractivity contribution >= 4 is 40.8 Å². The van der Waals surface area contributed by atoms with Crippen LogP contribution < -0.4 is 16.8 Å². The molecular formula is C36H31N7O3. The van der Waals surface area contributed by atoms with E-state index in [2.05, 4.69) is 45.2 Å². The van der Waals surface area contributed by atoms with Crippen molar-refractivity contribution in [3.05, 3.63) is 119 Å². The van der Waals surface area contributed by atoms with Crippen LogP contribution in [0, 0.1) is 0 Å². The van der Waals surface area contributed by atoms with Crippen molar-refractivity contribution < 1.29 is 14.4 Å². The third-order valence-corrected chi connectivity index (χ3v) is 7.77. The predicted molar refractivity (Wildman–Crippen MR) is 179 cm³/mol. The van der Waals surface area contributed by atoms with E-state index < -0.39 is 5.91 Å². The standard InChI is InChI=1S/C26H21N5.C10H10N2O3/c27-24-21(10-5-15-28-24)25-30-23-14-13-22(18-6-2-1-3-7-18)29-26(23)31(25)20-12-11-17-8-4-9-19(17)16-20;1-6(14)12-9-3-2-7(10(11)15)4-8(9)5-13/h1-3,5-7,10-16H,4,8-9H2,(H2,27,28);2-5H,1H3,(H2,11,15)(H,12,14). The molecule has 2 amide bonds. The highest BCUT2D eigenvalue weighted by Gasteiger charge is 2.20. The number of nitrogens with two attached hydrogens (primary N) is 2. The van der Waals surface area contributed by atoms with Gasteiger partial charge in [0.25, 0.3) is 0 Å². The van der Waals surface area contributed by atoms with Gasteiger partial charge >= 0.3 is 0 Å². The van der Waals surface area contributed by atoms with E-state index in [1.165, 1.54) is 42.7 Å². The molecule has 1 aliphatic rings. The number of carbonyl (C=O) groups is 3. The van der Waals surface area contributed by atoms with Crippen molar-refractivity contribution in [2.45, 2.75) is 26.2 Å². The summed E-state index contributed by atoms with van der Waals surface area (Å²) < 4.78 is 2.12. The van der Waals surface area contributed by atoms with Crippen LogP contribution in [0.25, 0.3) is 39.5 Å². The molecule has 3 heterocycles. The predicted octanol–water partition coefficient (Wildman–Crippen LogP) is 5.78. The van der Waals surface area contributed by atoms with E-state index in [0.29, 0.717) is 17.8 Å². The summed E-state index contributed by atoms with van der Waals surface area (Å²) in [6.45, 7) is 1.33. The van der Waals surface area contributed by atoms with E-state index >= 15 is 0 Å². The molecule has 3 aromatic heterocycles. The quantitative estimate of drug-likeness (QED) is 0.202. The topological polar surface area (TPSA) is 159 Å². The van der Waals surface area contributed by atoms with Gasteiger partial charge in [0.15, 0.2) is 17.8 Å². The summed E-state index contributed by atoms with van der Waals surface area (Å²) in [7, 11) is 0.